The quantitative estimate of drug-likeness (QED) is 0.0971. The van der Waals surface area contributed by atoms with E-state index in [-0.39, 0.29) is 34.1 Å². The van der Waals surface area contributed by atoms with Crippen molar-refractivity contribution in [3.05, 3.63) is 99.1 Å². The van der Waals surface area contributed by atoms with Gasteiger partial charge in [0.05, 0.1) is 15.5 Å². The number of rotatable bonds is 9. The van der Waals surface area contributed by atoms with E-state index >= 15 is 0 Å². The monoisotopic (exact) mass is 618 g/mol. The van der Waals surface area contributed by atoms with Gasteiger partial charge in [-0.25, -0.2) is 0 Å². The zero-order valence-electron chi connectivity index (χ0n) is 23.9. The molecule has 222 valence electrons. The molecule has 0 aliphatic carbocycles. The van der Waals surface area contributed by atoms with Gasteiger partial charge < -0.3 is 9.80 Å². The molecule has 0 N–H and O–H groups in total. The smallest absolute Gasteiger partial charge is 0.270 e. The second kappa shape index (κ2) is 13.4. The van der Waals surface area contributed by atoms with E-state index in [0.717, 1.165) is 22.2 Å². The van der Waals surface area contributed by atoms with Crippen LogP contribution in [0.1, 0.15) is 35.7 Å². The molecule has 1 atom stereocenters. The Morgan fingerprint density at radius 1 is 1.05 bits per heavy atom. The molecule has 1 fully saturated rings. The number of nitro groups is 1. The number of aromatic nitrogens is 3. The first-order valence-electron chi connectivity index (χ1n) is 14.0. The Balaban J connectivity index is 1.17. The lowest BCUT2D eigenvalue weighted by Crippen LogP contribution is -2.55. The summed E-state index contributed by atoms with van der Waals surface area (Å²) >= 11 is 7.75. The van der Waals surface area contributed by atoms with Crippen LogP contribution in [0.25, 0.3) is 17.1 Å². The first kappa shape index (κ1) is 30.2. The summed E-state index contributed by atoms with van der Waals surface area (Å²) in [6.07, 6.45) is 1.04. The zero-order valence-corrected chi connectivity index (χ0v) is 25.4. The molecule has 5 rings (SSSR count). The molecule has 1 aliphatic heterocycles. The number of nitro benzene ring substituents is 1. The molecule has 1 aromatic heterocycles. The van der Waals surface area contributed by atoms with E-state index in [9.17, 15) is 19.7 Å². The number of hydrogen-bond acceptors (Lipinski definition) is 7. The Labute approximate surface area is 258 Å². The summed E-state index contributed by atoms with van der Waals surface area (Å²) in [4.78, 5) is 40.1. The molecule has 1 aliphatic rings. The number of nitrogens with zero attached hydrogens (tertiary/aromatic N) is 6. The third-order valence-corrected chi connectivity index (χ3v) is 8.69. The molecular weight excluding hydrogens is 588 g/mol. The summed E-state index contributed by atoms with van der Waals surface area (Å²) in [7, 11) is 0. The van der Waals surface area contributed by atoms with Crippen molar-refractivity contribution in [3.8, 4) is 17.1 Å². The molecule has 0 bridgehead atoms. The summed E-state index contributed by atoms with van der Waals surface area (Å²) in [5.41, 5.74) is 3.16. The minimum Gasteiger partial charge on any atom is -0.339 e. The van der Waals surface area contributed by atoms with Crippen molar-refractivity contribution in [3.63, 3.8) is 0 Å². The molecule has 1 saturated heterocycles. The van der Waals surface area contributed by atoms with Gasteiger partial charge in [-0.05, 0) is 38.5 Å². The van der Waals surface area contributed by atoms with Crippen LogP contribution < -0.4 is 0 Å². The first-order chi connectivity index (χ1) is 20.7. The molecule has 2 heterocycles. The van der Waals surface area contributed by atoms with Crippen LogP contribution >= 0.6 is 23.4 Å². The lowest BCUT2D eigenvalue weighted by Gasteiger charge is -2.40. The van der Waals surface area contributed by atoms with Crippen molar-refractivity contribution in [1.82, 2.24) is 24.6 Å². The van der Waals surface area contributed by atoms with Crippen LogP contribution in [0.15, 0.2) is 78.0 Å². The van der Waals surface area contributed by atoms with Crippen LogP contribution in [0.5, 0.6) is 0 Å². The highest BCUT2D eigenvalue weighted by molar-refractivity contribution is 7.99. The van der Waals surface area contributed by atoms with Gasteiger partial charge in [0.15, 0.2) is 11.0 Å². The average Bonchev–Trinajstić information content (AvgIpc) is 3.43. The number of hydrogen-bond donors (Lipinski definition) is 0. The maximum Gasteiger partial charge on any atom is 0.270 e. The van der Waals surface area contributed by atoms with E-state index in [1.54, 1.807) is 21.6 Å². The molecule has 0 radical (unpaired) electrons. The third kappa shape index (κ3) is 6.89. The number of non-ortho nitro benzene ring substituents is 1. The maximum atomic E-state index is 13.1. The molecule has 12 heteroatoms. The van der Waals surface area contributed by atoms with Crippen LogP contribution in [-0.4, -0.2) is 72.7 Å². The molecule has 1 unspecified atom stereocenters. The van der Waals surface area contributed by atoms with E-state index in [2.05, 4.69) is 39.0 Å². The average molecular weight is 619 g/mol. The zero-order chi connectivity index (χ0) is 30.5. The third-order valence-electron chi connectivity index (χ3n) is 7.36. The molecule has 3 aromatic carbocycles. The number of aryl methyl sites for hydroxylation is 1. The highest BCUT2D eigenvalue weighted by atomic mass is 35.5. The van der Waals surface area contributed by atoms with Crippen molar-refractivity contribution in [1.29, 1.82) is 0 Å². The van der Waals surface area contributed by atoms with Gasteiger partial charge in [-0.3, -0.25) is 24.3 Å². The van der Waals surface area contributed by atoms with E-state index in [0.29, 0.717) is 38.2 Å². The topological polar surface area (TPSA) is 114 Å². The van der Waals surface area contributed by atoms with Crippen LogP contribution in [0.4, 0.5) is 5.69 Å². The van der Waals surface area contributed by atoms with Crippen LogP contribution in [0.2, 0.25) is 5.02 Å². The molecule has 2 amide bonds. The Kier molecular flexibility index (Phi) is 9.42. The second-order valence-electron chi connectivity index (χ2n) is 10.4. The molecule has 43 heavy (non-hydrogen) atoms. The maximum absolute atomic E-state index is 13.1. The molecule has 0 spiro atoms. The number of thioether (sulfide) groups is 1. The molecule has 0 saturated carbocycles. The number of benzene rings is 3. The first-order valence-corrected chi connectivity index (χ1v) is 15.3. The Bertz CT molecular complexity index is 1630. The Morgan fingerprint density at radius 3 is 2.47 bits per heavy atom. The van der Waals surface area contributed by atoms with Crippen molar-refractivity contribution in [2.45, 2.75) is 37.9 Å². The number of piperazine rings is 1. The van der Waals surface area contributed by atoms with Gasteiger partial charge in [-0.1, -0.05) is 71.4 Å². The largest absolute Gasteiger partial charge is 0.339 e. The van der Waals surface area contributed by atoms with Crippen LogP contribution in [0, 0.1) is 17.0 Å². The fourth-order valence-corrected chi connectivity index (χ4v) is 6.19. The van der Waals surface area contributed by atoms with Gasteiger partial charge in [0, 0.05) is 61.2 Å². The van der Waals surface area contributed by atoms with E-state index in [4.69, 9.17) is 11.6 Å². The molecule has 10 nitrogen and oxygen atoms in total. The standard InChI is InChI=1S/C31H31ClN6O4S/c1-21-10-12-24(13-11-21)37-29(23-7-4-3-5-8-23)33-34-31(37)43-18-6-9-28(39)35-16-17-36(22(2)20-35)30(40)26-15-14-25(38(41)42)19-27(26)32/h3-5,7-8,10-15,19,22H,6,9,16-18,20H2,1-2H3. The van der Waals surface area contributed by atoms with Gasteiger partial charge in [-0.15, -0.1) is 10.2 Å². The predicted molar refractivity (Wildman–Crippen MR) is 167 cm³/mol. The minimum absolute atomic E-state index is 0.0384. The lowest BCUT2D eigenvalue weighted by molar-refractivity contribution is -0.384. The van der Waals surface area contributed by atoms with Gasteiger partial charge >= 0.3 is 0 Å². The summed E-state index contributed by atoms with van der Waals surface area (Å²) in [5, 5.41) is 20.8. The fourth-order valence-electron chi connectivity index (χ4n) is 5.04. The Hall–Kier alpha value is -4.22. The second-order valence-corrected chi connectivity index (χ2v) is 11.9. The number of amides is 2. The number of carbonyl (C=O) groups excluding carboxylic acids is 2. The summed E-state index contributed by atoms with van der Waals surface area (Å²) < 4.78 is 2.05. The van der Waals surface area contributed by atoms with Crippen LogP contribution in [0.3, 0.4) is 0 Å². The highest BCUT2D eigenvalue weighted by Crippen LogP contribution is 2.29. The fraction of sp³-hybridized carbons (Fsp3) is 0.290. The van der Waals surface area contributed by atoms with Gasteiger partial charge in [-0.2, -0.15) is 0 Å². The summed E-state index contributed by atoms with van der Waals surface area (Å²) in [6.45, 7) is 5.11. The number of halogens is 1. The van der Waals surface area contributed by atoms with Crippen molar-refractivity contribution in [2.75, 3.05) is 25.4 Å². The van der Waals surface area contributed by atoms with Gasteiger partial charge in [0.1, 0.15) is 0 Å². The summed E-state index contributed by atoms with van der Waals surface area (Å²) in [6, 6.07) is 21.8. The Morgan fingerprint density at radius 2 is 1.79 bits per heavy atom. The van der Waals surface area contributed by atoms with Crippen molar-refractivity contribution >= 4 is 40.9 Å². The predicted octanol–water partition coefficient (Wildman–Crippen LogP) is 6.05. The summed E-state index contributed by atoms with van der Waals surface area (Å²) in [5.74, 6) is 1.19. The van der Waals surface area contributed by atoms with E-state index in [1.165, 1.54) is 23.8 Å². The van der Waals surface area contributed by atoms with E-state index in [1.807, 2.05) is 44.2 Å². The van der Waals surface area contributed by atoms with Crippen LogP contribution in [-0.2, 0) is 4.79 Å². The van der Waals surface area contributed by atoms with Gasteiger partial charge in [0.25, 0.3) is 11.6 Å². The van der Waals surface area contributed by atoms with E-state index < -0.39 is 4.92 Å². The minimum atomic E-state index is -0.553. The normalized spacial score (nSPS) is 15.0. The SMILES string of the molecule is Cc1ccc(-n2c(SCCCC(=O)N3CCN(C(=O)c4ccc([N+](=O)[O-])cc4Cl)C(C)C3)nnc2-c2ccccc2)cc1. The highest BCUT2D eigenvalue weighted by Gasteiger charge is 2.31. The van der Waals surface area contributed by atoms with Crippen molar-refractivity contribution < 1.29 is 14.5 Å². The lowest BCUT2D eigenvalue weighted by atomic mass is 10.1. The molecule has 4 aromatic rings. The number of carbonyl (C=O) groups is 2. The molecular formula is C31H31ClN6O4S. The van der Waals surface area contributed by atoms with Crippen molar-refractivity contribution in [2.24, 2.45) is 0 Å². The van der Waals surface area contributed by atoms with Gasteiger partial charge in [0.2, 0.25) is 5.91 Å².